The topological polar surface area (TPSA) is 55.5 Å². The van der Waals surface area contributed by atoms with Crippen molar-refractivity contribution in [1.82, 2.24) is 0 Å². The molecule has 0 saturated heterocycles. The van der Waals surface area contributed by atoms with Crippen LogP contribution in [0.15, 0.2) is 24.3 Å². The van der Waals surface area contributed by atoms with E-state index in [9.17, 15) is 0 Å². The van der Waals surface area contributed by atoms with Gasteiger partial charge in [-0.25, -0.2) is 0 Å². The lowest BCUT2D eigenvalue weighted by atomic mass is 10.1. The highest BCUT2D eigenvalue weighted by Crippen LogP contribution is 2.13. The number of aryl methyl sites for hydroxylation is 1. The molecule has 1 atom stereocenters. The van der Waals surface area contributed by atoms with Crippen molar-refractivity contribution in [2.45, 2.75) is 25.8 Å². The largest absolute Gasteiger partial charge is 0.491 e. The minimum atomic E-state index is 0.0481. The number of nitrogens with two attached hydrogens (primary N) is 1. The van der Waals surface area contributed by atoms with E-state index in [4.69, 9.17) is 15.6 Å². The number of hydrogen-bond donors (Lipinski definition) is 2. The van der Waals surface area contributed by atoms with Crippen LogP contribution in [0.3, 0.4) is 0 Å². The van der Waals surface area contributed by atoms with Crippen LogP contribution in [0.5, 0.6) is 5.75 Å². The number of hydrogen-bond acceptors (Lipinski definition) is 3. The number of ether oxygens (including phenoxy) is 1. The van der Waals surface area contributed by atoms with Gasteiger partial charge in [0.15, 0.2) is 0 Å². The van der Waals surface area contributed by atoms with Gasteiger partial charge in [0.1, 0.15) is 12.4 Å². The average molecular weight is 209 g/mol. The van der Waals surface area contributed by atoms with E-state index in [2.05, 4.69) is 0 Å². The summed E-state index contributed by atoms with van der Waals surface area (Å²) in [5, 5.41) is 8.59. The molecular weight excluding hydrogens is 190 g/mol. The van der Waals surface area contributed by atoms with Crippen LogP contribution in [-0.2, 0) is 6.42 Å². The Bertz CT molecular complexity index is 269. The van der Waals surface area contributed by atoms with Gasteiger partial charge in [-0.1, -0.05) is 12.1 Å². The van der Waals surface area contributed by atoms with Crippen molar-refractivity contribution in [2.24, 2.45) is 5.73 Å². The minimum absolute atomic E-state index is 0.0481. The van der Waals surface area contributed by atoms with Gasteiger partial charge in [0.2, 0.25) is 0 Å². The lowest BCUT2D eigenvalue weighted by Gasteiger charge is -2.07. The first kappa shape index (κ1) is 12.0. The first-order valence-corrected chi connectivity index (χ1v) is 5.30. The van der Waals surface area contributed by atoms with Crippen LogP contribution < -0.4 is 10.5 Å². The second-order valence-corrected chi connectivity index (χ2v) is 3.73. The highest BCUT2D eigenvalue weighted by molar-refractivity contribution is 5.27. The zero-order chi connectivity index (χ0) is 11.1. The number of aliphatic hydroxyl groups is 1. The van der Waals surface area contributed by atoms with Gasteiger partial charge in [-0.2, -0.15) is 0 Å². The summed E-state index contributed by atoms with van der Waals surface area (Å²) in [6.45, 7) is 2.41. The quantitative estimate of drug-likeness (QED) is 0.743. The second kappa shape index (κ2) is 6.43. The van der Waals surface area contributed by atoms with Crippen LogP contribution in [0, 0.1) is 0 Å². The molecule has 0 amide bonds. The standard InChI is InChI=1S/C12H19NO2/c1-10(13)2-3-11-4-6-12(7-5-11)15-9-8-14/h4-7,10,14H,2-3,8-9,13H2,1H3. The highest BCUT2D eigenvalue weighted by atomic mass is 16.5. The molecule has 3 N–H and O–H groups in total. The third-order valence-corrected chi connectivity index (χ3v) is 2.17. The van der Waals surface area contributed by atoms with Crippen LogP contribution in [0.1, 0.15) is 18.9 Å². The summed E-state index contributed by atoms with van der Waals surface area (Å²) in [6, 6.07) is 8.16. The summed E-state index contributed by atoms with van der Waals surface area (Å²) in [5.74, 6) is 0.800. The lowest BCUT2D eigenvalue weighted by molar-refractivity contribution is 0.201. The van der Waals surface area contributed by atoms with Gasteiger partial charge in [-0.05, 0) is 37.5 Å². The van der Waals surface area contributed by atoms with Gasteiger partial charge in [-0.3, -0.25) is 0 Å². The van der Waals surface area contributed by atoms with Crippen molar-refractivity contribution in [3.8, 4) is 5.75 Å². The van der Waals surface area contributed by atoms with Crippen molar-refractivity contribution >= 4 is 0 Å². The predicted octanol–water partition coefficient (Wildman–Crippen LogP) is 1.34. The first-order chi connectivity index (χ1) is 7.22. The number of rotatable bonds is 6. The molecule has 0 radical (unpaired) electrons. The lowest BCUT2D eigenvalue weighted by Crippen LogP contribution is -2.15. The SMILES string of the molecule is CC(N)CCc1ccc(OCCO)cc1. The molecule has 0 aliphatic carbocycles. The third-order valence-electron chi connectivity index (χ3n) is 2.17. The zero-order valence-corrected chi connectivity index (χ0v) is 9.15. The normalized spacial score (nSPS) is 12.5. The summed E-state index contributed by atoms with van der Waals surface area (Å²) >= 11 is 0. The zero-order valence-electron chi connectivity index (χ0n) is 9.15. The minimum Gasteiger partial charge on any atom is -0.491 e. The van der Waals surface area contributed by atoms with E-state index in [0.717, 1.165) is 18.6 Å². The Kier molecular flexibility index (Phi) is 5.15. The van der Waals surface area contributed by atoms with Crippen LogP contribution in [0.4, 0.5) is 0 Å². The van der Waals surface area contributed by atoms with Crippen molar-refractivity contribution in [2.75, 3.05) is 13.2 Å². The summed E-state index contributed by atoms with van der Waals surface area (Å²) in [5.41, 5.74) is 6.95. The van der Waals surface area contributed by atoms with Gasteiger partial charge in [-0.15, -0.1) is 0 Å². The Balaban J connectivity index is 2.41. The molecule has 0 heterocycles. The Morgan fingerprint density at radius 3 is 2.53 bits per heavy atom. The number of aliphatic hydroxyl groups excluding tert-OH is 1. The second-order valence-electron chi connectivity index (χ2n) is 3.73. The molecule has 0 saturated carbocycles. The number of benzene rings is 1. The summed E-state index contributed by atoms with van der Waals surface area (Å²) in [6.07, 6.45) is 1.99. The molecule has 15 heavy (non-hydrogen) atoms. The molecule has 0 fully saturated rings. The van der Waals surface area contributed by atoms with Crippen molar-refractivity contribution < 1.29 is 9.84 Å². The monoisotopic (exact) mass is 209 g/mol. The fourth-order valence-corrected chi connectivity index (χ4v) is 1.31. The van der Waals surface area contributed by atoms with E-state index >= 15 is 0 Å². The van der Waals surface area contributed by atoms with Gasteiger partial charge < -0.3 is 15.6 Å². The first-order valence-electron chi connectivity index (χ1n) is 5.30. The van der Waals surface area contributed by atoms with Gasteiger partial charge >= 0.3 is 0 Å². The molecule has 3 heteroatoms. The smallest absolute Gasteiger partial charge is 0.119 e. The Labute approximate surface area is 90.9 Å². The van der Waals surface area contributed by atoms with E-state index < -0.39 is 0 Å². The fraction of sp³-hybridized carbons (Fsp3) is 0.500. The highest BCUT2D eigenvalue weighted by Gasteiger charge is 1.98. The maximum Gasteiger partial charge on any atom is 0.119 e. The molecular formula is C12H19NO2. The van der Waals surface area contributed by atoms with E-state index in [0.29, 0.717) is 6.61 Å². The van der Waals surface area contributed by atoms with Crippen LogP contribution >= 0.6 is 0 Å². The van der Waals surface area contributed by atoms with Crippen molar-refractivity contribution in [3.63, 3.8) is 0 Å². The fourth-order valence-electron chi connectivity index (χ4n) is 1.31. The summed E-state index contributed by atoms with van der Waals surface area (Å²) in [7, 11) is 0. The molecule has 0 aliphatic heterocycles. The molecule has 0 aromatic heterocycles. The van der Waals surface area contributed by atoms with E-state index in [1.54, 1.807) is 0 Å². The molecule has 84 valence electrons. The van der Waals surface area contributed by atoms with Gasteiger partial charge in [0.25, 0.3) is 0 Å². The third kappa shape index (κ3) is 4.81. The maximum atomic E-state index is 8.59. The molecule has 0 aliphatic rings. The maximum absolute atomic E-state index is 8.59. The summed E-state index contributed by atoms with van der Waals surface area (Å²) < 4.78 is 5.26. The van der Waals surface area contributed by atoms with Crippen LogP contribution in [0.25, 0.3) is 0 Å². The van der Waals surface area contributed by atoms with Crippen molar-refractivity contribution in [3.05, 3.63) is 29.8 Å². The molecule has 1 aromatic carbocycles. The van der Waals surface area contributed by atoms with Crippen molar-refractivity contribution in [1.29, 1.82) is 0 Å². The van der Waals surface area contributed by atoms with E-state index in [1.807, 2.05) is 31.2 Å². The Hall–Kier alpha value is -1.06. The molecule has 3 nitrogen and oxygen atoms in total. The molecule has 1 unspecified atom stereocenters. The predicted molar refractivity (Wildman–Crippen MR) is 61.0 cm³/mol. The van der Waals surface area contributed by atoms with E-state index in [-0.39, 0.29) is 12.6 Å². The van der Waals surface area contributed by atoms with Crippen LogP contribution in [0.2, 0.25) is 0 Å². The average Bonchev–Trinajstić information content (AvgIpc) is 2.25. The molecule has 1 aromatic rings. The summed E-state index contributed by atoms with van der Waals surface area (Å²) in [4.78, 5) is 0. The molecule has 0 spiro atoms. The van der Waals surface area contributed by atoms with Gasteiger partial charge in [0, 0.05) is 6.04 Å². The van der Waals surface area contributed by atoms with Crippen LogP contribution in [-0.4, -0.2) is 24.4 Å². The Morgan fingerprint density at radius 1 is 1.33 bits per heavy atom. The Morgan fingerprint density at radius 2 is 2.00 bits per heavy atom. The molecule has 1 rings (SSSR count). The molecule has 0 bridgehead atoms. The van der Waals surface area contributed by atoms with E-state index in [1.165, 1.54) is 5.56 Å². The van der Waals surface area contributed by atoms with Gasteiger partial charge in [0.05, 0.1) is 6.61 Å².